The highest BCUT2D eigenvalue weighted by atomic mass is 32.1. The topological polar surface area (TPSA) is 56.8 Å². The molecule has 5 nitrogen and oxygen atoms in total. The number of methoxy groups -OCH3 is 2. The third-order valence-corrected chi connectivity index (χ3v) is 4.93. The Morgan fingerprint density at radius 2 is 1.89 bits per heavy atom. The molecule has 0 spiro atoms. The number of nitrogens with one attached hydrogen (secondary N) is 1. The van der Waals surface area contributed by atoms with Crippen molar-refractivity contribution in [3.05, 3.63) is 59.2 Å². The first-order valence-corrected chi connectivity index (χ1v) is 9.25. The monoisotopic (exact) mass is 399 g/mol. The minimum atomic E-state index is -1.35. The van der Waals surface area contributed by atoms with Crippen LogP contribution in [0.25, 0.3) is 0 Å². The van der Waals surface area contributed by atoms with Crippen LogP contribution < -0.4 is 14.8 Å². The Bertz CT molecular complexity index is 845. The van der Waals surface area contributed by atoms with E-state index in [0.29, 0.717) is 30.0 Å². The van der Waals surface area contributed by atoms with Gasteiger partial charge in [0.15, 0.2) is 11.5 Å². The van der Waals surface area contributed by atoms with E-state index >= 15 is 0 Å². The third kappa shape index (κ3) is 5.22. The van der Waals surface area contributed by atoms with Gasteiger partial charge in [0, 0.05) is 19.2 Å². The Morgan fingerprint density at radius 3 is 2.50 bits per heavy atom. The summed E-state index contributed by atoms with van der Waals surface area (Å²) in [5.74, 6) is 3.29. The molecule has 0 radical (unpaired) electrons. The fourth-order valence-corrected chi connectivity index (χ4v) is 2.90. The number of carbonyl (C=O) groups excluding carboxylic acids is 1. The largest absolute Gasteiger partial charge is 0.493 e. The molecule has 0 heterocycles. The van der Waals surface area contributed by atoms with Gasteiger partial charge in [-0.05, 0) is 31.0 Å². The number of ether oxygens (including phenoxy) is 3. The van der Waals surface area contributed by atoms with Crippen LogP contribution in [0, 0.1) is 19.3 Å². The molecule has 2 aromatic rings. The fourth-order valence-electron chi connectivity index (χ4n) is 2.67. The lowest BCUT2D eigenvalue weighted by atomic mass is 10.1. The van der Waals surface area contributed by atoms with Crippen molar-refractivity contribution in [1.29, 1.82) is 0 Å². The van der Waals surface area contributed by atoms with Gasteiger partial charge in [-0.15, -0.1) is 19.1 Å². The van der Waals surface area contributed by atoms with Gasteiger partial charge in [0.2, 0.25) is 4.93 Å². The van der Waals surface area contributed by atoms with Gasteiger partial charge in [0.05, 0.1) is 7.11 Å². The van der Waals surface area contributed by atoms with Gasteiger partial charge in [0.1, 0.15) is 6.61 Å². The lowest BCUT2D eigenvalue weighted by Gasteiger charge is -2.26. The molecule has 0 saturated heterocycles. The van der Waals surface area contributed by atoms with Crippen LogP contribution in [0.3, 0.4) is 0 Å². The summed E-state index contributed by atoms with van der Waals surface area (Å²) in [6.45, 7) is 2.57. The predicted molar refractivity (Wildman–Crippen MR) is 113 cm³/mol. The smallest absolute Gasteiger partial charge is 0.267 e. The second kappa shape index (κ2) is 10.1. The summed E-state index contributed by atoms with van der Waals surface area (Å²) < 4.78 is 16.2. The fraction of sp³-hybridized carbons (Fsp3) is 0.318. The lowest BCUT2D eigenvalue weighted by molar-refractivity contribution is -0.134. The van der Waals surface area contributed by atoms with Crippen molar-refractivity contribution in [1.82, 2.24) is 5.32 Å². The molecule has 1 amide bonds. The lowest BCUT2D eigenvalue weighted by Crippen LogP contribution is -2.42. The minimum absolute atomic E-state index is 0.172. The van der Waals surface area contributed by atoms with E-state index in [9.17, 15) is 4.79 Å². The van der Waals surface area contributed by atoms with Crippen LogP contribution in [0.5, 0.6) is 11.5 Å². The second-order valence-corrected chi connectivity index (χ2v) is 6.83. The predicted octanol–water partition coefficient (Wildman–Crippen LogP) is 3.10. The van der Waals surface area contributed by atoms with Crippen molar-refractivity contribution in [2.75, 3.05) is 27.4 Å². The molecular formula is C22H25NO4S. The molecule has 0 fully saturated rings. The molecule has 1 atom stereocenters. The maximum atomic E-state index is 12.7. The van der Waals surface area contributed by atoms with Gasteiger partial charge < -0.3 is 19.5 Å². The first kappa shape index (κ1) is 21.7. The molecule has 1 N–H and O–H groups in total. The van der Waals surface area contributed by atoms with Crippen LogP contribution in [0.1, 0.15) is 16.7 Å². The Kier molecular flexibility index (Phi) is 7.80. The second-order valence-electron chi connectivity index (χ2n) is 6.20. The summed E-state index contributed by atoms with van der Waals surface area (Å²) >= 11 is 4.49. The number of rotatable bonds is 9. The number of amides is 1. The molecule has 1 unspecified atom stereocenters. The minimum Gasteiger partial charge on any atom is -0.493 e. The van der Waals surface area contributed by atoms with Crippen molar-refractivity contribution in [2.45, 2.75) is 18.3 Å². The Morgan fingerprint density at radius 1 is 1.18 bits per heavy atom. The van der Waals surface area contributed by atoms with Gasteiger partial charge in [-0.25, -0.2) is 0 Å². The number of terminal acetylenes is 1. The zero-order chi connectivity index (χ0) is 20.6. The van der Waals surface area contributed by atoms with E-state index in [1.54, 1.807) is 13.2 Å². The molecule has 0 aliphatic carbocycles. The summed E-state index contributed by atoms with van der Waals surface area (Å²) in [5, 5.41) is 2.88. The molecule has 0 aromatic heterocycles. The SMILES string of the molecule is C#CCOc1ccc(CCNC(=O)C(S)(OC)c2ccc(C)cc2)cc1OC. The van der Waals surface area contributed by atoms with Crippen molar-refractivity contribution in [3.8, 4) is 23.8 Å². The van der Waals surface area contributed by atoms with Crippen LogP contribution in [-0.2, 0) is 20.9 Å². The molecule has 2 aromatic carbocycles. The van der Waals surface area contributed by atoms with Crippen LogP contribution in [0.4, 0.5) is 0 Å². The van der Waals surface area contributed by atoms with Gasteiger partial charge in [-0.2, -0.15) is 0 Å². The molecule has 28 heavy (non-hydrogen) atoms. The zero-order valence-electron chi connectivity index (χ0n) is 16.3. The van der Waals surface area contributed by atoms with Gasteiger partial charge in [0.25, 0.3) is 5.91 Å². The Hall–Kier alpha value is -2.62. The highest BCUT2D eigenvalue weighted by Crippen LogP contribution is 2.30. The van der Waals surface area contributed by atoms with E-state index in [1.165, 1.54) is 7.11 Å². The van der Waals surface area contributed by atoms with Crippen molar-refractivity contribution in [2.24, 2.45) is 0 Å². The zero-order valence-corrected chi connectivity index (χ0v) is 17.2. The van der Waals surface area contributed by atoms with E-state index < -0.39 is 4.93 Å². The maximum Gasteiger partial charge on any atom is 0.267 e. The van der Waals surface area contributed by atoms with Crippen LogP contribution in [0.2, 0.25) is 0 Å². The Labute approximate surface area is 171 Å². The average Bonchev–Trinajstić information content (AvgIpc) is 2.72. The van der Waals surface area contributed by atoms with E-state index in [2.05, 4.69) is 23.9 Å². The average molecular weight is 400 g/mol. The first-order valence-electron chi connectivity index (χ1n) is 8.80. The Balaban J connectivity index is 2.00. The van der Waals surface area contributed by atoms with Crippen LogP contribution >= 0.6 is 12.6 Å². The molecule has 6 heteroatoms. The van der Waals surface area contributed by atoms with Crippen LogP contribution in [-0.4, -0.2) is 33.3 Å². The van der Waals surface area contributed by atoms with Gasteiger partial charge in [-0.3, -0.25) is 4.79 Å². The van der Waals surface area contributed by atoms with E-state index in [-0.39, 0.29) is 12.5 Å². The quantitative estimate of drug-likeness (QED) is 0.387. The summed E-state index contributed by atoms with van der Waals surface area (Å²) in [6, 6.07) is 13.1. The standard InChI is InChI=1S/C22H25NO4S/c1-5-14-27-19-11-8-17(15-20(19)25-3)12-13-23-21(24)22(28,26-4)18-9-6-16(2)7-10-18/h1,6-11,15,28H,12-14H2,2-4H3,(H,23,24). The number of hydrogen-bond acceptors (Lipinski definition) is 5. The van der Waals surface area contributed by atoms with Gasteiger partial charge >= 0.3 is 0 Å². The van der Waals surface area contributed by atoms with E-state index in [4.69, 9.17) is 20.6 Å². The molecule has 0 saturated carbocycles. The summed E-state index contributed by atoms with van der Waals surface area (Å²) in [6.07, 6.45) is 5.83. The number of thiol groups is 1. The third-order valence-electron chi connectivity index (χ3n) is 4.28. The summed E-state index contributed by atoms with van der Waals surface area (Å²) in [7, 11) is 3.03. The molecule has 2 rings (SSSR count). The van der Waals surface area contributed by atoms with Crippen molar-refractivity contribution < 1.29 is 19.0 Å². The highest BCUT2D eigenvalue weighted by Gasteiger charge is 2.36. The molecule has 0 aliphatic rings. The van der Waals surface area contributed by atoms with Crippen molar-refractivity contribution in [3.63, 3.8) is 0 Å². The summed E-state index contributed by atoms with van der Waals surface area (Å²) in [4.78, 5) is 11.3. The van der Waals surface area contributed by atoms with Crippen LogP contribution in [0.15, 0.2) is 42.5 Å². The van der Waals surface area contributed by atoms with E-state index in [0.717, 1.165) is 11.1 Å². The maximum absolute atomic E-state index is 12.7. The molecule has 148 valence electrons. The van der Waals surface area contributed by atoms with Gasteiger partial charge in [-0.1, -0.05) is 41.8 Å². The first-order chi connectivity index (χ1) is 13.4. The summed E-state index contributed by atoms with van der Waals surface area (Å²) in [5.41, 5.74) is 2.76. The number of benzene rings is 2. The molecular weight excluding hydrogens is 374 g/mol. The molecule has 0 aliphatic heterocycles. The normalized spacial score (nSPS) is 12.5. The number of carbonyl (C=O) groups is 1. The van der Waals surface area contributed by atoms with Crippen molar-refractivity contribution >= 4 is 18.5 Å². The highest BCUT2D eigenvalue weighted by molar-refractivity contribution is 7.82. The number of hydrogen-bond donors (Lipinski definition) is 2. The number of aryl methyl sites for hydroxylation is 1. The molecule has 0 bridgehead atoms. The van der Waals surface area contributed by atoms with E-state index in [1.807, 2.05) is 43.3 Å².